The molecule has 0 bridgehead atoms. The zero-order chi connectivity index (χ0) is 15.3. The van der Waals surface area contributed by atoms with E-state index in [0.717, 1.165) is 38.9 Å². The summed E-state index contributed by atoms with van der Waals surface area (Å²) >= 11 is 0. The van der Waals surface area contributed by atoms with Crippen molar-refractivity contribution >= 4 is 9.84 Å². The maximum atomic E-state index is 12.8. The van der Waals surface area contributed by atoms with Gasteiger partial charge in [-0.1, -0.05) is 25.1 Å². The number of piperidine rings is 1. The van der Waals surface area contributed by atoms with Crippen molar-refractivity contribution in [1.29, 1.82) is 0 Å². The molecule has 0 radical (unpaired) electrons. The van der Waals surface area contributed by atoms with E-state index in [1.54, 1.807) is 24.3 Å². The Morgan fingerprint density at radius 3 is 2.38 bits per heavy atom. The Hall–Kier alpha value is -0.910. The topological polar surface area (TPSA) is 63.4 Å². The molecule has 1 heterocycles. The molecule has 0 aliphatic carbocycles. The number of benzene rings is 1. The van der Waals surface area contributed by atoms with Gasteiger partial charge in [-0.15, -0.1) is 0 Å². The third-order valence-corrected chi connectivity index (χ3v) is 6.70. The number of sulfone groups is 1. The summed E-state index contributed by atoms with van der Waals surface area (Å²) in [5.41, 5.74) is 5.83. The van der Waals surface area contributed by atoms with Crippen LogP contribution < -0.4 is 5.73 Å². The number of hydrogen-bond donors (Lipinski definition) is 1. The molecule has 1 aliphatic rings. The van der Waals surface area contributed by atoms with Gasteiger partial charge >= 0.3 is 0 Å². The molecule has 1 fully saturated rings. The van der Waals surface area contributed by atoms with E-state index in [1.165, 1.54) is 0 Å². The predicted molar refractivity (Wildman–Crippen MR) is 85.9 cm³/mol. The highest BCUT2D eigenvalue weighted by Crippen LogP contribution is 2.28. The Bertz CT molecular complexity index is 522. The molecule has 0 amide bonds. The van der Waals surface area contributed by atoms with E-state index in [0.29, 0.717) is 4.90 Å². The third kappa shape index (κ3) is 3.84. The zero-order valence-corrected chi connectivity index (χ0v) is 13.6. The Kier molecular flexibility index (Phi) is 5.79. The molecule has 1 saturated heterocycles. The van der Waals surface area contributed by atoms with Gasteiger partial charge in [0.1, 0.15) is 0 Å². The number of nitrogens with zero attached hydrogens (tertiary/aromatic N) is 1. The number of likely N-dealkylation sites (tertiary alicyclic amines) is 1. The van der Waals surface area contributed by atoms with Crippen LogP contribution in [0, 0.1) is 5.92 Å². The smallest absolute Gasteiger partial charge is 0.182 e. The summed E-state index contributed by atoms with van der Waals surface area (Å²) in [4.78, 5) is 2.82. The van der Waals surface area contributed by atoms with Crippen LogP contribution in [0.2, 0.25) is 0 Å². The van der Waals surface area contributed by atoms with Gasteiger partial charge in [-0.2, -0.15) is 0 Å². The predicted octanol–water partition coefficient (Wildman–Crippen LogP) is 1.91. The molecule has 1 aromatic rings. The molecule has 5 heteroatoms. The van der Waals surface area contributed by atoms with Gasteiger partial charge in [0.25, 0.3) is 0 Å². The first-order valence-electron chi connectivity index (χ1n) is 7.81. The maximum Gasteiger partial charge on any atom is 0.182 e. The van der Waals surface area contributed by atoms with Crippen LogP contribution in [0.5, 0.6) is 0 Å². The first-order valence-corrected chi connectivity index (χ1v) is 9.35. The van der Waals surface area contributed by atoms with Crippen molar-refractivity contribution in [3.05, 3.63) is 30.3 Å². The largest absolute Gasteiger partial charge is 0.329 e. The van der Waals surface area contributed by atoms with Crippen molar-refractivity contribution in [1.82, 2.24) is 4.90 Å². The monoisotopic (exact) mass is 310 g/mol. The van der Waals surface area contributed by atoms with Crippen LogP contribution in [0.15, 0.2) is 35.2 Å². The quantitative estimate of drug-likeness (QED) is 0.872. The summed E-state index contributed by atoms with van der Waals surface area (Å²) in [6.45, 7) is 5.45. The molecule has 0 saturated carbocycles. The molecule has 1 atom stereocenters. The molecular weight excluding hydrogens is 284 g/mol. The summed E-state index contributed by atoms with van der Waals surface area (Å²) in [6, 6.07) is 8.71. The van der Waals surface area contributed by atoms with E-state index in [4.69, 9.17) is 5.73 Å². The van der Waals surface area contributed by atoms with Crippen molar-refractivity contribution in [2.24, 2.45) is 11.7 Å². The molecule has 0 spiro atoms. The SMILES string of the molecule is CCCN1CCC(C(CN)S(=O)(=O)c2ccccc2)CC1. The van der Waals surface area contributed by atoms with Crippen molar-refractivity contribution in [2.45, 2.75) is 36.3 Å². The Balaban J connectivity index is 2.10. The summed E-state index contributed by atoms with van der Waals surface area (Å²) in [5.74, 6) is 0.174. The highest BCUT2D eigenvalue weighted by atomic mass is 32.2. The lowest BCUT2D eigenvalue weighted by molar-refractivity contribution is 0.181. The molecule has 1 aliphatic heterocycles. The van der Waals surface area contributed by atoms with Gasteiger partial charge in [-0.3, -0.25) is 0 Å². The molecule has 2 N–H and O–H groups in total. The molecule has 1 aromatic carbocycles. The first kappa shape index (κ1) is 16.5. The van der Waals surface area contributed by atoms with Crippen molar-refractivity contribution < 1.29 is 8.42 Å². The van der Waals surface area contributed by atoms with Gasteiger partial charge in [0.05, 0.1) is 10.1 Å². The lowest BCUT2D eigenvalue weighted by Crippen LogP contribution is -2.43. The van der Waals surface area contributed by atoms with Crippen LogP contribution in [0.1, 0.15) is 26.2 Å². The summed E-state index contributed by atoms with van der Waals surface area (Å²) in [7, 11) is -3.32. The van der Waals surface area contributed by atoms with E-state index in [2.05, 4.69) is 11.8 Å². The second-order valence-corrected chi connectivity index (χ2v) is 7.98. The average Bonchev–Trinajstić information content (AvgIpc) is 2.51. The van der Waals surface area contributed by atoms with E-state index in [-0.39, 0.29) is 12.5 Å². The Morgan fingerprint density at radius 1 is 1.24 bits per heavy atom. The fraction of sp³-hybridized carbons (Fsp3) is 0.625. The van der Waals surface area contributed by atoms with Crippen LogP contribution in [-0.2, 0) is 9.84 Å². The highest BCUT2D eigenvalue weighted by Gasteiger charge is 2.35. The van der Waals surface area contributed by atoms with Gasteiger partial charge < -0.3 is 10.6 Å². The third-order valence-electron chi connectivity index (χ3n) is 4.40. The van der Waals surface area contributed by atoms with Gasteiger partial charge in [0, 0.05) is 6.54 Å². The molecule has 21 heavy (non-hydrogen) atoms. The second-order valence-electron chi connectivity index (χ2n) is 5.81. The standard InChI is InChI=1S/C16H26N2O2S/c1-2-10-18-11-8-14(9-12-18)16(13-17)21(19,20)15-6-4-3-5-7-15/h3-7,14,16H,2,8-13,17H2,1H3. The van der Waals surface area contributed by atoms with E-state index in [9.17, 15) is 8.42 Å². The minimum absolute atomic E-state index is 0.174. The first-order chi connectivity index (χ1) is 10.1. The van der Waals surface area contributed by atoms with Crippen molar-refractivity contribution in [2.75, 3.05) is 26.2 Å². The van der Waals surface area contributed by atoms with Crippen molar-refractivity contribution in [3.8, 4) is 0 Å². The number of nitrogens with two attached hydrogens (primary N) is 1. The summed E-state index contributed by atoms with van der Waals surface area (Å²) in [6.07, 6.45) is 3.00. The summed E-state index contributed by atoms with van der Waals surface area (Å²) < 4.78 is 25.6. The lowest BCUT2D eigenvalue weighted by atomic mass is 9.93. The highest BCUT2D eigenvalue weighted by molar-refractivity contribution is 7.92. The van der Waals surface area contributed by atoms with E-state index in [1.807, 2.05) is 6.07 Å². The number of hydrogen-bond acceptors (Lipinski definition) is 4. The fourth-order valence-electron chi connectivity index (χ4n) is 3.22. The van der Waals surface area contributed by atoms with Crippen LogP contribution in [0.3, 0.4) is 0 Å². The minimum Gasteiger partial charge on any atom is -0.329 e. The molecular formula is C16H26N2O2S. The lowest BCUT2D eigenvalue weighted by Gasteiger charge is -2.35. The molecule has 118 valence electrons. The van der Waals surface area contributed by atoms with Gasteiger partial charge in [-0.25, -0.2) is 8.42 Å². The van der Waals surface area contributed by atoms with Gasteiger partial charge in [0.15, 0.2) is 9.84 Å². The normalized spacial score (nSPS) is 19.5. The number of rotatable bonds is 6. The molecule has 1 unspecified atom stereocenters. The maximum absolute atomic E-state index is 12.8. The van der Waals surface area contributed by atoms with Gasteiger partial charge in [-0.05, 0) is 56.9 Å². The van der Waals surface area contributed by atoms with Crippen LogP contribution >= 0.6 is 0 Å². The van der Waals surface area contributed by atoms with Crippen LogP contribution in [0.4, 0.5) is 0 Å². The van der Waals surface area contributed by atoms with E-state index < -0.39 is 15.1 Å². The zero-order valence-electron chi connectivity index (χ0n) is 12.7. The molecule has 4 nitrogen and oxygen atoms in total. The molecule has 0 aromatic heterocycles. The van der Waals surface area contributed by atoms with Crippen molar-refractivity contribution in [3.63, 3.8) is 0 Å². The average molecular weight is 310 g/mol. The Morgan fingerprint density at radius 2 is 1.86 bits per heavy atom. The Labute approximate surface area is 128 Å². The molecule has 2 rings (SSSR count). The second kappa shape index (κ2) is 7.38. The van der Waals surface area contributed by atoms with Gasteiger partial charge in [0.2, 0.25) is 0 Å². The van der Waals surface area contributed by atoms with Crippen LogP contribution in [0.25, 0.3) is 0 Å². The minimum atomic E-state index is -3.32. The van der Waals surface area contributed by atoms with E-state index >= 15 is 0 Å². The summed E-state index contributed by atoms with van der Waals surface area (Å²) in [5, 5.41) is -0.455. The van der Waals surface area contributed by atoms with Crippen LogP contribution in [-0.4, -0.2) is 44.7 Å². The fourth-order valence-corrected chi connectivity index (χ4v) is 5.14.